The van der Waals surface area contributed by atoms with Gasteiger partial charge in [0.05, 0.1) is 12.5 Å². The minimum absolute atomic E-state index is 0.0178. The smallest absolute Gasteiger partial charge is 0.140 e. The van der Waals surface area contributed by atoms with Crippen LogP contribution < -0.4 is 4.74 Å². The molecule has 2 rings (SSSR count). The highest BCUT2D eigenvalue weighted by Gasteiger charge is 2.24. The molecule has 1 atom stereocenters. The SMILES string of the molecule is C=C(C)CCC(=O)C1COc2ccccc2C1. The second-order valence-electron chi connectivity index (χ2n) is 4.74. The molecule has 0 amide bonds. The second kappa shape index (κ2) is 5.17. The maximum atomic E-state index is 12.0. The molecule has 2 heteroatoms. The minimum atomic E-state index is 0.0178. The number of para-hydroxylation sites is 1. The van der Waals surface area contributed by atoms with E-state index in [2.05, 4.69) is 6.58 Å². The standard InChI is InChI=1S/C15H18O2/c1-11(2)7-8-14(16)13-9-12-5-3-4-6-15(12)17-10-13/h3-6,13H,1,7-10H2,2H3. The number of hydrogen-bond acceptors (Lipinski definition) is 2. The second-order valence-corrected chi connectivity index (χ2v) is 4.74. The summed E-state index contributed by atoms with van der Waals surface area (Å²) in [6, 6.07) is 7.95. The molecular formula is C15H18O2. The zero-order valence-electron chi connectivity index (χ0n) is 10.2. The lowest BCUT2D eigenvalue weighted by Crippen LogP contribution is -2.28. The number of carbonyl (C=O) groups is 1. The molecule has 0 N–H and O–H groups in total. The fraction of sp³-hybridized carbons (Fsp3) is 0.400. The third kappa shape index (κ3) is 2.96. The summed E-state index contributed by atoms with van der Waals surface area (Å²) >= 11 is 0. The molecular weight excluding hydrogens is 212 g/mol. The number of carbonyl (C=O) groups excluding carboxylic acids is 1. The van der Waals surface area contributed by atoms with Crippen molar-refractivity contribution in [1.29, 1.82) is 0 Å². The summed E-state index contributed by atoms with van der Waals surface area (Å²) in [6.45, 7) is 6.30. The van der Waals surface area contributed by atoms with E-state index in [1.54, 1.807) is 0 Å². The molecule has 0 aromatic heterocycles. The lowest BCUT2D eigenvalue weighted by atomic mass is 9.90. The molecule has 0 fully saturated rings. The summed E-state index contributed by atoms with van der Waals surface area (Å²) < 4.78 is 5.62. The first-order chi connectivity index (χ1) is 8.16. The molecule has 90 valence electrons. The van der Waals surface area contributed by atoms with Gasteiger partial charge in [0.2, 0.25) is 0 Å². The van der Waals surface area contributed by atoms with E-state index < -0.39 is 0 Å². The molecule has 1 aromatic rings. The Labute approximate surface area is 102 Å². The van der Waals surface area contributed by atoms with Gasteiger partial charge in [-0.25, -0.2) is 0 Å². The molecule has 0 bridgehead atoms. The van der Waals surface area contributed by atoms with Gasteiger partial charge in [0, 0.05) is 6.42 Å². The highest BCUT2D eigenvalue weighted by molar-refractivity contribution is 5.82. The van der Waals surface area contributed by atoms with Crippen LogP contribution in [0.15, 0.2) is 36.4 Å². The van der Waals surface area contributed by atoms with Crippen LogP contribution in [-0.2, 0) is 11.2 Å². The van der Waals surface area contributed by atoms with E-state index in [1.807, 2.05) is 31.2 Å². The monoisotopic (exact) mass is 230 g/mol. The molecule has 1 aliphatic rings. The molecule has 1 aliphatic heterocycles. The van der Waals surface area contributed by atoms with Crippen molar-refractivity contribution in [1.82, 2.24) is 0 Å². The Balaban J connectivity index is 1.97. The average molecular weight is 230 g/mol. The first-order valence-electron chi connectivity index (χ1n) is 6.04. The Morgan fingerprint density at radius 1 is 1.41 bits per heavy atom. The van der Waals surface area contributed by atoms with Crippen molar-refractivity contribution in [2.45, 2.75) is 26.2 Å². The molecule has 17 heavy (non-hydrogen) atoms. The van der Waals surface area contributed by atoms with Crippen molar-refractivity contribution in [3.05, 3.63) is 42.0 Å². The van der Waals surface area contributed by atoms with Crippen LogP contribution in [0.5, 0.6) is 5.75 Å². The van der Waals surface area contributed by atoms with E-state index in [1.165, 1.54) is 0 Å². The molecule has 1 unspecified atom stereocenters. The first kappa shape index (κ1) is 11.9. The van der Waals surface area contributed by atoms with E-state index in [0.29, 0.717) is 18.8 Å². The van der Waals surface area contributed by atoms with Crippen LogP contribution in [0.4, 0.5) is 0 Å². The topological polar surface area (TPSA) is 26.3 Å². The Kier molecular flexibility index (Phi) is 3.62. The predicted molar refractivity (Wildman–Crippen MR) is 68.2 cm³/mol. The number of rotatable bonds is 4. The predicted octanol–water partition coefficient (Wildman–Crippen LogP) is 3.16. The van der Waals surface area contributed by atoms with Crippen molar-refractivity contribution >= 4 is 5.78 Å². The molecule has 2 nitrogen and oxygen atoms in total. The normalized spacial score (nSPS) is 18.1. The quantitative estimate of drug-likeness (QED) is 0.743. The molecule has 0 saturated heterocycles. The highest BCUT2D eigenvalue weighted by Crippen LogP contribution is 2.27. The zero-order chi connectivity index (χ0) is 12.3. The Bertz CT molecular complexity index is 434. The number of Topliss-reactive ketones (excluding diaryl/α,β-unsaturated/α-hetero) is 1. The van der Waals surface area contributed by atoms with Gasteiger partial charge in [-0.2, -0.15) is 0 Å². The summed E-state index contributed by atoms with van der Waals surface area (Å²) in [6.07, 6.45) is 2.19. The van der Waals surface area contributed by atoms with Gasteiger partial charge in [-0.05, 0) is 31.4 Å². The third-order valence-electron chi connectivity index (χ3n) is 3.13. The van der Waals surface area contributed by atoms with E-state index in [9.17, 15) is 4.79 Å². The number of hydrogen-bond donors (Lipinski definition) is 0. The maximum Gasteiger partial charge on any atom is 0.140 e. The van der Waals surface area contributed by atoms with Gasteiger partial charge in [0.1, 0.15) is 11.5 Å². The van der Waals surface area contributed by atoms with Crippen LogP contribution in [0.2, 0.25) is 0 Å². The summed E-state index contributed by atoms with van der Waals surface area (Å²) in [5, 5.41) is 0. The van der Waals surface area contributed by atoms with Crippen molar-refractivity contribution in [2.75, 3.05) is 6.61 Å². The first-order valence-corrected chi connectivity index (χ1v) is 6.04. The van der Waals surface area contributed by atoms with E-state index in [4.69, 9.17) is 4.74 Å². The summed E-state index contributed by atoms with van der Waals surface area (Å²) in [5.41, 5.74) is 2.21. The van der Waals surface area contributed by atoms with Crippen LogP contribution in [0, 0.1) is 5.92 Å². The van der Waals surface area contributed by atoms with Gasteiger partial charge in [0.15, 0.2) is 0 Å². The van der Waals surface area contributed by atoms with Crippen molar-refractivity contribution in [3.63, 3.8) is 0 Å². The van der Waals surface area contributed by atoms with Crippen molar-refractivity contribution in [2.24, 2.45) is 5.92 Å². The molecule has 1 heterocycles. The van der Waals surface area contributed by atoms with Crippen LogP contribution >= 0.6 is 0 Å². The highest BCUT2D eigenvalue weighted by atomic mass is 16.5. The van der Waals surface area contributed by atoms with Crippen molar-refractivity contribution < 1.29 is 9.53 Å². The number of ketones is 1. The van der Waals surface area contributed by atoms with Crippen molar-refractivity contribution in [3.8, 4) is 5.75 Å². The molecule has 1 aromatic carbocycles. The van der Waals surface area contributed by atoms with Gasteiger partial charge in [-0.1, -0.05) is 23.8 Å². The Hall–Kier alpha value is -1.57. The van der Waals surface area contributed by atoms with Gasteiger partial charge in [0.25, 0.3) is 0 Å². The molecule has 0 aliphatic carbocycles. The van der Waals surface area contributed by atoms with Gasteiger partial charge >= 0.3 is 0 Å². The third-order valence-corrected chi connectivity index (χ3v) is 3.13. The fourth-order valence-electron chi connectivity index (χ4n) is 2.08. The summed E-state index contributed by atoms with van der Waals surface area (Å²) in [4.78, 5) is 12.0. The van der Waals surface area contributed by atoms with Gasteiger partial charge < -0.3 is 4.74 Å². The molecule has 0 saturated carbocycles. The number of allylic oxidation sites excluding steroid dienone is 1. The van der Waals surface area contributed by atoms with E-state index >= 15 is 0 Å². The maximum absolute atomic E-state index is 12.0. The van der Waals surface area contributed by atoms with Crippen LogP contribution in [0.3, 0.4) is 0 Å². The number of fused-ring (bicyclic) bond motifs is 1. The summed E-state index contributed by atoms with van der Waals surface area (Å²) in [5.74, 6) is 1.24. The average Bonchev–Trinajstić information content (AvgIpc) is 2.35. The number of benzene rings is 1. The van der Waals surface area contributed by atoms with Crippen LogP contribution in [0.1, 0.15) is 25.3 Å². The van der Waals surface area contributed by atoms with Gasteiger partial charge in [-0.15, -0.1) is 6.58 Å². The van der Waals surface area contributed by atoms with E-state index in [-0.39, 0.29) is 5.92 Å². The molecule has 0 spiro atoms. The fourth-order valence-corrected chi connectivity index (χ4v) is 2.08. The van der Waals surface area contributed by atoms with Crippen LogP contribution in [0.25, 0.3) is 0 Å². The Morgan fingerprint density at radius 2 is 2.18 bits per heavy atom. The lowest BCUT2D eigenvalue weighted by Gasteiger charge is -2.24. The minimum Gasteiger partial charge on any atom is -0.493 e. The van der Waals surface area contributed by atoms with E-state index in [0.717, 1.165) is 29.7 Å². The zero-order valence-corrected chi connectivity index (χ0v) is 10.2. The molecule has 0 radical (unpaired) electrons. The summed E-state index contributed by atoms with van der Waals surface area (Å²) in [7, 11) is 0. The largest absolute Gasteiger partial charge is 0.493 e. The van der Waals surface area contributed by atoms with Crippen LogP contribution in [-0.4, -0.2) is 12.4 Å². The number of ether oxygens (including phenoxy) is 1. The Morgan fingerprint density at radius 3 is 2.94 bits per heavy atom. The lowest BCUT2D eigenvalue weighted by molar-refractivity contribution is -0.124. The van der Waals surface area contributed by atoms with Gasteiger partial charge in [-0.3, -0.25) is 4.79 Å².